The molecule has 14 heavy (non-hydrogen) atoms. The molecule has 0 aromatic rings. The summed E-state index contributed by atoms with van der Waals surface area (Å²) in [6.45, 7) is 4.32. The third-order valence-corrected chi connectivity index (χ3v) is 4.77. The molecule has 2 saturated carbocycles. The van der Waals surface area contributed by atoms with Crippen LogP contribution in [0.1, 0.15) is 52.4 Å². The van der Waals surface area contributed by atoms with Gasteiger partial charge in [0, 0.05) is 0 Å². The van der Waals surface area contributed by atoms with Crippen LogP contribution in [-0.2, 0) is 0 Å². The summed E-state index contributed by atoms with van der Waals surface area (Å²) in [4.78, 5) is 0. The summed E-state index contributed by atoms with van der Waals surface area (Å²) in [5.41, 5.74) is -0.549. The van der Waals surface area contributed by atoms with Crippen molar-refractivity contribution in [3.05, 3.63) is 0 Å². The van der Waals surface area contributed by atoms with Crippen molar-refractivity contribution >= 4 is 0 Å². The highest BCUT2D eigenvalue weighted by Gasteiger charge is 2.54. The van der Waals surface area contributed by atoms with Gasteiger partial charge in [-0.3, -0.25) is 0 Å². The lowest BCUT2D eigenvalue weighted by atomic mass is 9.53. The predicted octanol–water partition coefficient (Wildman–Crippen LogP) is 2.09. The highest BCUT2D eigenvalue weighted by atomic mass is 16.3. The van der Waals surface area contributed by atoms with E-state index < -0.39 is 5.60 Å². The molecule has 2 heteroatoms. The Morgan fingerprint density at radius 3 is 2.64 bits per heavy atom. The number of aliphatic hydroxyl groups excluding tert-OH is 1. The fourth-order valence-corrected chi connectivity index (χ4v) is 3.68. The van der Waals surface area contributed by atoms with E-state index in [9.17, 15) is 10.2 Å². The van der Waals surface area contributed by atoms with Crippen LogP contribution in [0.5, 0.6) is 0 Å². The number of hydrogen-bond donors (Lipinski definition) is 2. The zero-order valence-corrected chi connectivity index (χ0v) is 9.29. The first-order valence-electron chi connectivity index (χ1n) is 5.88. The predicted molar refractivity (Wildman–Crippen MR) is 55.9 cm³/mol. The summed E-state index contributed by atoms with van der Waals surface area (Å²) >= 11 is 0. The van der Waals surface area contributed by atoms with Gasteiger partial charge in [-0.15, -0.1) is 0 Å². The van der Waals surface area contributed by atoms with E-state index in [1.54, 1.807) is 0 Å². The van der Waals surface area contributed by atoms with Crippen molar-refractivity contribution in [2.45, 2.75) is 64.1 Å². The normalized spacial score (nSPS) is 54.0. The molecule has 4 atom stereocenters. The molecule has 0 amide bonds. The molecule has 0 radical (unpaired) electrons. The van der Waals surface area contributed by atoms with Gasteiger partial charge in [-0.2, -0.15) is 0 Å². The Hall–Kier alpha value is -0.0800. The number of hydrogen-bond acceptors (Lipinski definition) is 2. The minimum Gasteiger partial charge on any atom is -0.393 e. The van der Waals surface area contributed by atoms with E-state index in [0.29, 0.717) is 5.92 Å². The maximum Gasteiger partial charge on any atom is 0.0728 e. The third kappa shape index (κ3) is 1.31. The lowest BCUT2D eigenvalue weighted by molar-refractivity contribution is -0.184. The first kappa shape index (κ1) is 10.4. The van der Waals surface area contributed by atoms with Gasteiger partial charge in [-0.05, 0) is 43.4 Å². The molecule has 2 fully saturated rings. The van der Waals surface area contributed by atoms with E-state index in [-0.39, 0.29) is 11.5 Å². The minimum atomic E-state index is -0.509. The van der Waals surface area contributed by atoms with Gasteiger partial charge in [0.2, 0.25) is 0 Å². The van der Waals surface area contributed by atoms with Crippen molar-refractivity contribution in [2.75, 3.05) is 0 Å². The van der Waals surface area contributed by atoms with Crippen molar-refractivity contribution in [1.82, 2.24) is 0 Å². The second kappa shape index (κ2) is 3.21. The largest absolute Gasteiger partial charge is 0.393 e. The monoisotopic (exact) mass is 198 g/mol. The van der Waals surface area contributed by atoms with Crippen molar-refractivity contribution < 1.29 is 10.2 Å². The Balaban J connectivity index is 2.27. The summed E-state index contributed by atoms with van der Waals surface area (Å²) in [5.74, 6) is 0.397. The van der Waals surface area contributed by atoms with Gasteiger partial charge in [0.25, 0.3) is 0 Å². The molecule has 0 bridgehead atoms. The van der Waals surface area contributed by atoms with Crippen molar-refractivity contribution in [3.8, 4) is 0 Å². The Kier molecular flexibility index (Phi) is 2.39. The van der Waals surface area contributed by atoms with Gasteiger partial charge in [0.05, 0.1) is 11.7 Å². The van der Waals surface area contributed by atoms with Crippen LogP contribution in [0.2, 0.25) is 0 Å². The van der Waals surface area contributed by atoms with Gasteiger partial charge in [-0.1, -0.05) is 20.3 Å². The van der Waals surface area contributed by atoms with Crippen LogP contribution in [0, 0.1) is 11.3 Å². The molecule has 2 aliphatic rings. The van der Waals surface area contributed by atoms with E-state index in [1.165, 1.54) is 6.42 Å². The molecule has 0 saturated heterocycles. The quantitative estimate of drug-likeness (QED) is 0.625. The molecule has 0 spiro atoms. The molecule has 0 aromatic carbocycles. The van der Waals surface area contributed by atoms with E-state index in [1.807, 2.05) is 0 Å². The number of aliphatic hydroxyl groups is 2. The highest BCUT2D eigenvalue weighted by molar-refractivity contribution is 5.05. The van der Waals surface area contributed by atoms with Crippen LogP contribution < -0.4 is 0 Å². The average Bonchev–Trinajstić information content (AvgIpc) is 2.10. The van der Waals surface area contributed by atoms with E-state index in [4.69, 9.17) is 0 Å². The van der Waals surface area contributed by atoms with Gasteiger partial charge in [-0.25, -0.2) is 0 Å². The number of rotatable bonds is 0. The fraction of sp³-hybridized carbons (Fsp3) is 1.00. The Morgan fingerprint density at radius 1 is 1.21 bits per heavy atom. The SMILES string of the molecule is C[C@@H]1CCC[C@]2(C)C[C@H](O)CC[C@@]12O. The van der Waals surface area contributed by atoms with E-state index in [0.717, 1.165) is 32.1 Å². The van der Waals surface area contributed by atoms with Crippen LogP contribution in [0.4, 0.5) is 0 Å². The fourth-order valence-electron chi connectivity index (χ4n) is 3.68. The molecule has 82 valence electrons. The highest BCUT2D eigenvalue weighted by Crippen LogP contribution is 2.55. The lowest BCUT2D eigenvalue weighted by Gasteiger charge is -2.56. The molecular weight excluding hydrogens is 176 g/mol. The zero-order valence-electron chi connectivity index (χ0n) is 9.29. The van der Waals surface area contributed by atoms with Gasteiger partial charge in [0.15, 0.2) is 0 Å². The average molecular weight is 198 g/mol. The van der Waals surface area contributed by atoms with Crippen LogP contribution in [0.15, 0.2) is 0 Å². The van der Waals surface area contributed by atoms with Crippen molar-refractivity contribution in [3.63, 3.8) is 0 Å². The summed E-state index contributed by atoms with van der Waals surface area (Å²) in [5, 5.41) is 20.4. The summed E-state index contributed by atoms with van der Waals surface area (Å²) in [7, 11) is 0. The maximum absolute atomic E-state index is 10.7. The second-order valence-electron chi connectivity index (χ2n) is 5.67. The van der Waals surface area contributed by atoms with Gasteiger partial charge < -0.3 is 10.2 Å². The van der Waals surface area contributed by atoms with Crippen LogP contribution in [0.3, 0.4) is 0 Å². The molecule has 0 aliphatic heterocycles. The minimum absolute atomic E-state index is 0.0394. The summed E-state index contributed by atoms with van der Waals surface area (Å²) in [6, 6.07) is 0. The molecule has 0 aromatic heterocycles. The van der Waals surface area contributed by atoms with Crippen LogP contribution in [0.25, 0.3) is 0 Å². The molecular formula is C12H22O2. The van der Waals surface area contributed by atoms with Crippen LogP contribution >= 0.6 is 0 Å². The Morgan fingerprint density at radius 2 is 1.93 bits per heavy atom. The molecule has 2 rings (SSSR count). The maximum atomic E-state index is 10.7. The van der Waals surface area contributed by atoms with E-state index in [2.05, 4.69) is 13.8 Å². The molecule has 2 N–H and O–H groups in total. The summed E-state index contributed by atoms with van der Waals surface area (Å²) < 4.78 is 0. The third-order valence-electron chi connectivity index (χ3n) is 4.77. The number of fused-ring (bicyclic) bond motifs is 1. The first-order chi connectivity index (χ1) is 6.48. The van der Waals surface area contributed by atoms with Crippen LogP contribution in [-0.4, -0.2) is 21.9 Å². The van der Waals surface area contributed by atoms with Crippen molar-refractivity contribution in [1.29, 1.82) is 0 Å². The first-order valence-corrected chi connectivity index (χ1v) is 5.88. The van der Waals surface area contributed by atoms with E-state index >= 15 is 0 Å². The zero-order chi connectivity index (χ0) is 10.4. The molecule has 2 aliphatic carbocycles. The van der Waals surface area contributed by atoms with Crippen molar-refractivity contribution in [2.24, 2.45) is 11.3 Å². The second-order valence-corrected chi connectivity index (χ2v) is 5.67. The van der Waals surface area contributed by atoms with Gasteiger partial charge >= 0.3 is 0 Å². The standard InChI is InChI=1S/C12H22O2/c1-9-4-3-6-11(2)8-10(13)5-7-12(9,11)14/h9-10,13-14H,3-8H2,1-2H3/t9-,10-,11-,12-/m1/s1. The molecule has 2 nitrogen and oxygen atoms in total. The lowest BCUT2D eigenvalue weighted by Crippen LogP contribution is -2.57. The smallest absolute Gasteiger partial charge is 0.0728 e. The molecule has 0 unspecified atom stereocenters. The van der Waals surface area contributed by atoms with Gasteiger partial charge in [0.1, 0.15) is 0 Å². The summed E-state index contributed by atoms with van der Waals surface area (Å²) in [6.07, 6.45) is 5.57. The topological polar surface area (TPSA) is 40.5 Å². The molecule has 0 heterocycles. The Labute approximate surface area is 86.3 Å². The Bertz CT molecular complexity index is 228.